The van der Waals surface area contributed by atoms with Crippen LogP contribution in [-0.2, 0) is 16.1 Å². The van der Waals surface area contributed by atoms with Gasteiger partial charge in [0.25, 0.3) is 0 Å². The van der Waals surface area contributed by atoms with E-state index in [1.165, 1.54) is 0 Å². The Kier molecular flexibility index (Phi) is 5.65. The number of aromatic nitrogens is 2. The summed E-state index contributed by atoms with van der Waals surface area (Å²) >= 11 is 0. The zero-order chi connectivity index (χ0) is 12.7. The number of hydrogen-bond donors (Lipinski definition) is 2. The van der Waals surface area contributed by atoms with Gasteiger partial charge in [0, 0.05) is 32.0 Å². The molecule has 6 heteroatoms. The van der Waals surface area contributed by atoms with Crippen LogP contribution in [0.3, 0.4) is 0 Å². The van der Waals surface area contributed by atoms with E-state index in [1.807, 2.05) is 6.92 Å². The normalized spacial score (nSPS) is 12.6. The van der Waals surface area contributed by atoms with Gasteiger partial charge < -0.3 is 9.84 Å². The third-order valence-electron chi connectivity index (χ3n) is 2.34. The highest BCUT2D eigenvalue weighted by Gasteiger charge is 2.20. The highest BCUT2D eigenvalue weighted by Crippen LogP contribution is 2.12. The van der Waals surface area contributed by atoms with Crippen LogP contribution in [0.15, 0.2) is 12.4 Å². The standard InChI is InChI=1S/C11H19N3O3/c1-3-5-14-8-9(7-13-14)10(11(15)16)12-4-6-17-2/h7-8,10,12H,3-6H2,1-2H3,(H,15,16). The van der Waals surface area contributed by atoms with Crippen molar-refractivity contribution in [3.8, 4) is 0 Å². The highest BCUT2D eigenvalue weighted by atomic mass is 16.5. The molecule has 0 aliphatic heterocycles. The molecule has 2 N–H and O–H groups in total. The van der Waals surface area contributed by atoms with Crippen LogP contribution in [0.4, 0.5) is 0 Å². The molecular formula is C11H19N3O3. The summed E-state index contributed by atoms with van der Waals surface area (Å²) in [7, 11) is 1.58. The molecule has 0 saturated heterocycles. The molecule has 0 saturated carbocycles. The number of ether oxygens (including phenoxy) is 1. The van der Waals surface area contributed by atoms with Gasteiger partial charge in [-0.05, 0) is 6.42 Å². The first-order valence-electron chi connectivity index (χ1n) is 5.66. The summed E-state index contributed by atoms with van der Waals surface area (Å²) in [5.74, 6) is -0.905. The quantitative estimate of drug-likeness (QED) is 0.654. The molecule has 1 heterocycles. The largest absolute Gasteiger partial charge is 0.480 e. The molecule has 0 radical (unpaired) electrons. The Labute approximate surface area is 101 Å². The molecule has 17 heavy (non-hydrogen) atoms. The lowest BCUT2D eigenvalue weighted by molar-refractivity contribution is -0.139. The van der Waals surface area contributed by atoms with Gasteiger partial charge in [0.05, 0.1) is 12.8 Å². The van der Waals surface area contributed by atoms with Gasteiger partial charge in [-0.2, -0.15) is 5.10 Å². The van der Waals surface area contributed by atoms with E-state index < -0.39 is 12.0 Å². The fraction of sp³-hybridized carbons (Fsp3) is 0.636. The van der Waals surface area contributed by atoms with Gasteiger partial charge in [-0.25, -0.2) is 0 Å². The van der Waals surface area contributed by atoms with E-state index in [0.717, 1.165) is 13.0 Å². The number of aliphatic carboxylic acids is 1. The van der Waals surface area contributed by atoms with Gasteiger partial charge in [0.1, 0.15) is 6.04 Å². The predicted octanol–water partition coefficient (Wildman–Crippen LogP) is 0.655. The molecule has 0 bridgehead atoms. The second-order valence-corrected chi connectivity index (χ2v) is 3.75. The maximum atomic E-state index is 11.1. The third kappa shape index (κ3) is 4.16. The van der Waals surface area contributed by atoms with Crippen molar-refractivity contribution in [2.45, 2.75) is 25.9 Å². The number of carboxylic acid groups (broad SMARTS) is 1. The molecule has 1 aromatic heterocycles. The molecule has 0 fully saturated rings. The maximum absolute atomic E-state index is 11.1. The zero-order valence-electron chi connectivity index (χ0n) is 10.2. The van der Waals surface area contributed by atoms with E-state index in [2.05, 4.69) is 10.4 Å². The fourth-order valence-corrected chi connectivity index (χ4v) is 1.53. The lowest BCUT2D eigenvalue weighted by atomic mass is 10.1. The molecule has 0 aliphatic rings. The zero-order valence-corrected chi connectivity index (χ0v) is 10.2. The highest BCUT2D eigenvalue weighted by molar-refractivity contribution is 5.75. The molecule has 96 valence electrons. The van der Waals surface area contributed by atoms with Gasteiger partial charge in [-0.15, -0.1) is 0 Å². The van der Waals surface area contributed by atoms with Gasteiger partial charge in [0.15, 0.2) is 0 Å². The Morgan fingerprint density at radius 3 is 3.06 bits per heavy atom. The predicted molar refractivity (Wildman–Crippen MR) is 62.8 cm³/mol. The smallest absolute Gasteiger partial charge is 0.325 e. The summed E-state index contributed by atoms with van der Waals surface area (Å²) in [5.41, 5.74) is 0.669. The van der Waals surface area contributed by atoms with Crippen molar-refractivity contribution < 1.29 is 14.6 Å². The molecule has 1 aromatic rings. The number of carbonyl (C=O) groups is 1. The van der Waals surface area contributed by atoms with E-state index in [0.29, 0.717) is 18.7 Å². The summed E-state index contributed by atoms with van der Waals surface area (Å²) in [4.78, 5) is 11.1. The second-order valence-electron chi connectivity index (χ2n) is 3.75. The molecule has 1 rings (SSSR count). The number of nitrogens with one attached hydrogen (secondary N) is 1. The summed E-state index contributed by atoms with van der Waals surface area (Å²) < 4.78 is 6.63. The number of hydrogen-bond acceptors (Lipinski definition) is 4. The number of carboxylic acids is 1. The van der Waals surface area contributed by atoms with Crippen molar-refractivity contribution in [1.29, 1.82) is 0 Å². The Morgan fingerprint density at radius 1 is 1.71 bits per heavy atom. The molecular weight excluding hydrogens is 222 g/mol. The van der Waals surface area contributed by atoms with E-state index in [4.69, 9.17) is 9.84 Å². The number of aryl methyl sites for hydroxylation is 1. The third-order valence-corrected chi connectivity index (χ3v) is 2.34. The van der Waals surface area contributed by atoms with Gasteiger partial charge in [0.2, 0.25) is 0 Å². The minimum absolute atomic E-state index is 0.479. The van der Waals surface area contributed by atoms with E-state index in [1.54, 1.807) is 24.2 Å². The summed E-state index contributed by atoms with van der Waals surface area (Å²) in [5, 5.41) is 16.2. The van der Waals surface area contributed by atoms with Crippen molar-refractivity contribution in [2.75, 3.05) is 20.3 Å². The average Bonchev–Trinajstić information content (AvgIpc) is 2.73. The lowest BCUT2D eigenvalue weighted by Crippen LogP contribution is -2.30. The van der Waals surface area contributed by atoms with Crippen LogP contribution in [0.2, 0.25) is 0 Å². The Morgan fingerprint density at radius 2 is 2.47 bits per heavy atom. The van der Waals surface area contributed by atoms with Crippen LogP contribution in [0.25, 0.3) is 0 Å². The molecule has 0 spiro atoms. The van der Waals surface area contributed by atoms with Crippen LogP contribution < -0.4 is 5.32 Å². The summed E-state index contributed by atoms with van der Waals surface area (Å²) in [6.45, 7) is 3.82. The SMILES string of the molecule is CCCn1cc(C(NCCOC)C(=O)O)cn1. The first-order valence-corrected chi connectivity index (χ1v) is 5.66. The van der Waals surface area contributed by atoms with Crippen LogP contribution >= 0.6 is 0 Å². The topological polar surface area (TPSA) is 76.4 Å². The van der Waals surface area contributed by atoms with E-state index >= 15 is 0 Å². The second kappa shape index (κ2) is 7.03. The Balaban J connectivity index is 2.64. The number of rotatable bonds is 8. The molecule has 0 aromatic carbocycles. The molecule has 1 atom stereocenters. The summed E-state index contributed by atoms with van der Waals surface area (Å²) in [6, 6.07) is -0.726. The minimum atomic E-state index is -0.905. The first-order chi connectivity index (χ1) is 8.19. The van der Waals surface area contributed by atoms with Crippen molar-refractivity contribution in [3.63, 3.8) is 0 Å². The van der Waals surface area contributed by atoms with Crippen LogP contribution in [0.1, 0.15) is 24.9 Å². The van der Waals surface area contributed by atoms with E-state index in [9.17, 15) is 4.79 Å². The van der Waals surface area contributed by atoms with Crippen LogP contribution in [-0.4, -0.2) is 41.1 Å². The van der Waals surface area contributed by atoms with E-state index in [-0.39, 0.29) is 0 Å². The fourth-order valence-electron chi connectivity index (χ4n) is 1.53. The summed E-state index contributed by atoms with van der Waals surface area (Å²) in [6.07, 6.45) is 4.33. The average molecular weight is 241 g/mol. The lowest BCUT2D eigenvalue weighted by Gasteiger charge is -2.12. The molecule has 0 aliphatic carbocycles. The molecule has 1 unspecified atom stereocenters. The number of nitrogens with zero attached hydrogens (tertiary/aromatic N) is 2. The molecule has 0 amide bonds. The first kappa shape index (κ1) is 13.7. The van der Waals surface area contributed by atoms with Crippen molar-refractivity contribution in [1.82, 2.24) is 15.1 Å². The monoisotopic (exact) mass is 241 g/mol. The van der Waals surface area contributed by atoms with Crippen molar-refractivity contribution in [2.24, 2.45) is 0 Å². The van der Waals surface area contributed by atoms with Gasteiger partial charge in [-0.1, -0.05) is 6.92 Å². The maximum Gasteiger partial charge on any atom is 0.325 e. The Hall–Kier alpha value is -1.40. The number of methoxy groups -OCH3 is 1. The van der Waals surface area contributed by atoms with Crippen LogP contribution in [0.5, 0.6) is 0 Å². The van der Waals surface area contributed by atoms with Crippen LogP contribution in [0, 0.1) is 0 Å². The van der Waals surface area contributed by atoms with Crippen molar-refractivity contribution >= 4 is 5.97 Å². The van der Waals surface area contributed by atoms with Gasteiger partial charge >= 0.3 is 5.97 Å². The Bertz CT molecular complexity index is 351. The van der Waals surface area contributed by atoms with Crippen molar-refractivity contribution in [3.05, 3.63) is 18.0 Å². The molecule has 6 nitrogen and oxygen atoms in total. The van der Waals surface area contributed by atoms with Gasteiger partial charge in [-0.3, -0.25) is 14.8 Å². The minimum Gasteiger partial charge on any atom is -0.480 e.